The van der Waals surface area contributed by atoms with Gasteiger partial charge in [0.25, 0.3) is 0 Å². The van der Waals surface area contributed by atoms with Gasteiger partial charge in [0, 0.05) is 0 Å². The Bertz CT molecular complexity index is 186. The second kappa shape index (κ2) is 3.64. The molecule has 0 N–H and O–H groups in total. The molecule has 0 saturated heterocycles. The summed E-state index contributed by atoms with van der Waals surface area (Å²) in [6.45, 7) is 11.7. The predicted octanol–water partition coefficient (Wildman–Crippen LogP) is 4.02. The van der Waals surface area contributed by atoms with Crippen LogP contribution >= 0.6 is 0 Å². The van der Waals surface area contributed by atoms with E-state index in [1.165, 1.54) is 12.8 Å². The van der Waals surface area contributed by atoms with Crippen LogP contribution in [0.3, 0.4) is 0 Å². The number of allylic oxidation sites excluding steroid dienone is 2. The van der Waals surface area contributed by atoms with E-state index in [9.17, 15) is 0 Å². The number of rotatable bonds is 3. The predicted molar refractivity (Wildman–Crippen MR) is 55.1 cm³/mol. The van der Waals surface area contributed by atoms with Crippen molar-refractivity contribution in [2.24, 2.45) is 17.8 Å². The second-order valence-corrected chi connectivity index (χ2v) is 4.58. The third-order valence-corrected chi connectivity index (χ3v) is 3.27. The quantitative estimate of drug-likeness (QED) is 0.555. The Labute approximate surface area is 77.1 Å². The zero-order valence-electron chi connectivity index (χ0n) is 9.15. The lowest BCUT2D eigenvalue weighted by Gasteiger charge is -2.39. The van der Waals surface area contributed by atoms with Gasteiger partial charge in [-0.1, -0.05) is 45.8 Å². The minimum Gasteiger partial charge on any atom is -0.0676 e. The van der Waals surface area contributed by atoms with Crippen molar-refractivity contribution >= 4 is 0 Å². The smallest absolute Gasteiger partial charge is 0.0166 e. The Morgan fingerprint density at radius 1 is 1.08 bits per heavy atom. The van der Waals surface area contributed by atoms with Gasteiger partial charge in [-0.2, -0.15) is 0 Å². The van der Waals surface area contributed by atoms with E-state index in [2.05, 4.69) is 34.6 Å². The largest absolute Gasteiger partial charge is 0.0676 e. The molecule has 1 aliphatic carbocycles. The molecule has 2 unspecified atom stereocenters. The fourth-order valence-electron chi connectivity index (χ4n) is 2.40. The van der Waals surface area contributed by atoms with Crippen molar-refractivity contribution in [3.8, 4) is 0 Å². The van der Waals surface area contributed by atoms with E-state index in [1.54, 1.807) is 11.1 Å². The van der Waals surface area contributed by atoms with Gasteiger partial charge in [0.2, 0.25) is 0 Å². The van der Waals surface area contributed by atoms with E-state index in [1.807, 2.05) is 0 Å². The van der Waals surface area contributed by atoms with Crippen molar-refractivity contribution in [1.82, 2.24) is 0 Å². The molecular weight excluding hydrogens is 144 g/mol. The van der Waals surface area contributed by atoms with Crippen LogP contribution in [0, 0.1) is 17.8 Å². The monoisotopic (exact) mass is 166 g/mol. The van der Waals surface area contributed by atoms with E-state index in [0.717, 1.165) is 17.8 Å². The van der Waals surface area contributed by atoms with Crippen LogP contribution in [-0.2, 0) is 0 Å². The van der Waals surface area contributed by atoms with E-state index in [0.29, 0.717) is 0 Å². The van der Waals surface area contributed by atoms with Crippen LogP contribution in [0.15, 0.2) is 11.1 Å². The molecule has 2 atom stereocenters. The highest BCUT2D eigenvalue weighted by Gasteiger charge is 2.31. The van der Waals surface area contributed by atoms with Gasteiger partial charge in [-0.15, -0.1) is 0 Å². The molecule has 0 aromatic carbocycles. The Morgan fingerprint density at radius 2 is 1.58 bits per heavy atom. The maximum absolute atomic E-state index is 2.38. The zero-order valence-corrected chi connectivity index (χ0v) is 9.15. The lowest BCUT2D eigenvalue weighted by molar-refractivity contribution is 0.380. The van der Waals surface area contributed by atoms with E-state index in [-0.39, 0.29) is 0 Å². The Kier molecular flexibility index (Phi) is 2.98. The first-order chi connectivity index (χ1) is 5.57. The molecular formula is C12H22. The molecule has 0 heterocycles. The van der Waals surface area contributed by atoms with Crippen LogP contribution < -0.4 is 0 Å². The van der Waals surface area contributed by atoms with Gasteiger partial charge in [-0.25, -0.2) is 0 Å². The SMILES string of the molecule is CCC1=C(CC(C)C)C(C)C1C. The normalized spacial score (nSPS) is 29.5. The summed E-state index contributed by atoms with van der Waals surface area (Å²) in [6.07, 6.45) is 2.60. The van der Waals surface area contributed by atoms with Crippen LogP contribution in [0.25, 0.3) is 0 Å². The van der Waals surface area contributed by atoms with Crippen molar-refractivity contribution in [2.75, 3.05) is 0 Å². The summed E-state index contributed by atoms with van der Waals surface area (Å²) in [5.41, 5.74) is 3.51. The van der Waals surface area contributed by atoms with E-state index in [4.69, 9.17) is 0 Å². The van der Waals surface area contributed by atoms with Crippen molar-refractivity contribution < 1.29 is 0 Å². The Hall–Kier alpha value is -0.260. The maximum Gasteiger partial charge on any atom is -0.0166 e. The Balaban J connectivity index is 2.67. The van der Waals surface area contributed by atoms with Crippen molar-refractivity contribution in [2.45, 2.75) is 47.5 Å². The fraction of sp³-hybridized carbons (Fsp3) is 0.833. The fourth-order valence-corrected chi connectivity index (χ4v) is 2.40. The second-order valence-electron chi connectivity index (χ2n) is 4.58. The van der Waals surface area contributed by atoms with Crippen LogP contribution in [-0.4, -0.2) is 0 Å². The summed E-state index contributed by atoms with van der Waals surface area (Å²) in [5, 5.41) is 0. The van der Waals surface area contributed by atoms with Crippen LogP contribution in [0.2, 0.25) is 0 Å². The molecule has 0 fully saturated rings. The molecule has 0 saturated carbocycles. The lowest BCUT2D eigenvalue weighted by Crippen LogP contribution is -2.27. The molecule has 1 rings (SSSR count). The Morgan fingerprint density at radius 3 is 2.00 bits per heavy atom. The molecule has 0 spiro atoms. The van der Waals surface area contributed by atoms with Crippen LogP contribution in [0.1, 0.15) is 47.5 Å². The summed E-state index contributed by atoms with van der Waals surface area (Å²) in [4.78, 5) is 0. The molecule has 1 aliphatic rings. The summed E-state index contributed by atoms with van der Waals surface area (Å²) in [7, 11) is 0. The molecule has 0 aromatic heterocycles. The molecule has 12 heavy (non-hydrogen) atoms. The number of hydrogen-bond acceptors (Lipinski definition) is 0. The molecule has 70 valence electrons. The number of hydrogen-bond donors (Lipinski definition) is 0. The molecule has 0 aromatic rings. The molecule has 0 aliphatic heterocycles. The molecule has 0 bridgehead atoms. The zero-order chi connectivity index (χ0) is 9.30. The van der Waals surface area contributed by atoms with Crippen molar-refractivity contribution in [1.29, 1.82) is 0 Å². The maximum atomic E-state index is 2.38. The minimum absolute atomic E-state index is 0.830. The summed E-state index contributed by atoms with van der Waals surface area (Å²) in [5.74, 6) is 2.56. The van der Waals surface area contributed by atoms with Gasteiger partial charge in [0.1, 0.15) is 0 Å². The minimum atomic E-state index is 0.830. The molecule has 0 amide bonds. The van der Waals surface area contributed by atoms with Crippen LogP contribution in [0.5, 0.6) is 0 Å². The first kappa shape index (κ1) is 9.83. The average molecular weight is 166 g/mol. The van der Waals surface area contributed by atoms with Gasteiger partial charge >= 0.3 is 0 Å². The van der Waals surface area contributed by atoms with Gasteiger partial charge in [-0.3, -0.25) is 0 Å². The summed E-state index contributed by atoms with van der Waals surface area (Å²) < 4.78 is 0. The van der Waals surface area contributed by atoms with Gasteiger partial charge in [0.05, 0.1) is 0 Å². The summed E-state index contributed by atoms with van der Waals surface area (Å²) >= 11 is 0. The first-order valence-electron chi connectivity index (χ1n) is 5.29. The highest BCUT2D eigenvalue weighted by atomic mass is 14.4. The first-order valence-corrected chi connectivity index (χ1v) is 5.29. The van der Waals surface area contributed by atoms with Crippen molar-refractivity contribution in [3.05, 3.63) is 11.1 Å². The third-order valence-electron chi connectivity index (χ3n) is 3.27. The van der Waals surface area contributed by atoms with Gasteiger partial charge in [-0.05, 0) is 30.6 Å². The third kappa shape index (κ3) is 1.57. The summed E-state index contributed by atoms with van der Waals surface area (Å²) in [6, 6.07) is 0. The standard InChI is InChI=1S/C12H22/c1-6-11-9(4)10(5)12(11)7-8(2)3/h8-10H,6-7H2,1-5H3. The molecule has 0 heteroatoms. The van der Waals surface area contributed by atoms with Crippen LogP contribution in [0.4, 0.5) is 0 Å². The molecule has 0 nitrogen and oxygen atoms in total. The topological polar surface area (TPSA) is 0 Å². The lowest BCUT2D eigenvalue weighted by atomic mass is 9.66. The van der Waals surface area contributed by atoms with Gasteiger partial charge in [0.15, 0.2) is 0 Å². The average Bonchev–Trinajstić information content (AvgIpc) is 2.03. The highest BCUT2D eigenvalue weighted by molar-refractivity contribution is 5.31. The van der Waals surface area contributed by atoms with E-state index >= 15 is 0 Å². The van der Waals surface area contributed by atoms with Gasteiger partial charge < -0.3 is 0 Å². The molecule has 0 radical (unpaired) electrons. The highest BCUT2D eigenvalue weighted by Crippen LogP contribution is 2.44. The van der Waals surface area contributed by atoms with E-state index < -0.39 is 0 Å². The van der Waals surface area contributed by atoms with Crippen molar-refractivity contribution in [3.63, 3.8) is 0 Å².